The molecular formula is C19H26BrN3O3. The zero-order chi connectivity index (χ0) is 19.5. The Morgan fingerprint density at radius 3 is 2.58 bits per heavy atom. The summed E-state index contributed by atoms with van der Waals surface area (Å²) in [6.45, 7) is 4.77. The highest BCUT2D eigenvalue weighted by Gasteiger charge is 2.17. The molecule has 1 heterocycles. The first kappa shape index (κ1) is 21.8. The molecule has 1 aromatic heterocycles. The number of ether oxygens (including phenoxy) is 1. The maximum atomic E-state index is 12.7. The van der Waals surface area contributed by atoms with Crippen molar-refractivity contribution in [3.05, 3.63) is 46.2 Å². The van der Waals surface area contributed by atoms with E-state index in [9.17, 15) is 4.79 Å². The lowest BCUT2D eigenvalue weighted by molar-refractivity contribution is -0.106. The number of nitrogens with two attached hydrogens (primary N) is 1. The number of carbonyl (C=O) groups excluding carboxylic acids is 2. The third kappa shape index (κ3) is 5.91. The van der Waals surface area contributed by atoms with Crippen LogP contribution in [0.5, 0.6) is 5.75 Å². The maximum absolute atomic E-state index is 12.7. The molecule has 2 aromatic rings. The summed E-state index contributed by atoms with van der Waals surface area (Å²) in [5.41, 5.74) is 6.69. The number of nitrogens with zero attached hydrogens (tertiary/aromatic N) is 1. The molecule has 0 bridgehead atoms. The van der Waals surface area contributed by atoms with Crippen molar-refractivity contribution in [2.45, 2.75) is 33.1 Å². The molecule has 0 fully saturated rings. The van der Waals surface area contributed by atoms with E-state index in [0.717, 1.165) is 35.1 Å². The van der Waals surface area contributed by atoms with Crippen molar-refractivity contribution < 1.29 is 14.3 Å². The third-order valence-electron chi connectivity index (χ3n) is 3.55. The van der Waals surface area contributed by atoms with E-state index in [-0.39, 0.29) is 12.3 Å². The molecule has 0 aliphatic carbocycles. The first-order valence-corrected chi connectivity index (χ1v) is 9.31. The van der Waals surface area contributed by atoms with Crippen LogP contribution in [0.4, 0.5) is 5.69 Å². The molecule has 0 unspecified atom stereocenters. The summed E-state index contributed by atoms with van der Waals surface area (Å²) < 4.78 is 8.65. The number of rotatable bonds is 7. The van der Waals surface area contributed by atoms with Crippen LogP contribution in [-0.2, 0) is 18.3 Å². The second kappa shape index (κ2) is 11.4. The fourth-order valence-corrected chi connectivity index (χ4v) is 2.94. The molecule has 2 amide bonds. The minimum absolute atomic E-state index is 0.146. The summed E-state index contributed by atoms with van der Waals surface area (Å²) >= 11 is 3.58. The first-order valence-electron chi connectivity index (χ1n) is 8.52. The largest absolute Gasteiger partial charge is 0.493 e. The van der Waals surface area contributed by atoms with E-state index in [1.54, 1.807) is 6.07 Å². The van der Waals surface area contributed by atoms with Crippen LogP contribution >= 0.6 is 15.9 Å². The molecular weight excluding hydrogens is 398 g/mol. The van der Waals surface area contributed by atoms with Crippen LogP contribution in [-0.4, -0.2) is 23.5 Å². The van der Waals surface area contributed by atoms with Crippen LogP contribution < -0.4 is 15.8 Å². The SMILES string of the molecule is CCCOc1ccccc1C(=O)Nc1cn(C)c(Br)c1CCC.NC=O. The quantitative estimate of drug-likeness (QED) is 0.662. The van der Waals surface area contributed by atoms with Crippen molar-refractivity contribution in [3.63, 3.8) is 0 Å². The smallest absolute Gasteiger partial charge is 0.259 e. The van der Waals surface area contributed by atoms with Gasteiger partial charge in [-0.25, -0.2) is 0 Å². The van der Waals surface area contributed by atoms with Crippen LogP contribution in [0.25, 0.3) is 0 Å². The Morgan fingerprint density at radius 1 is 1.31 bits per heavy atom. The summed E-state index contributed by atoms with van der Waals surface area (Å²) in [4.78, 5) is 21.2. The summed E-state index contributed by atoms with van der Waals surface area (Å²) in [5.74, 6) is 0.478. The van der Waals surface area contributed by atoms with Gasteiger partial charge in [-0.2, -0.15) is 0 Å². The van der Waals surface area contributed by atoms with Gasteiger partial charge >= 0.3 is 0 Å². The van der Waals surface area contributed by atoms with E-state index >= 15 is 0 Å². The third-order valence-corrected chi connectivity index (χ3v) is 4.59. The number of hydrogen-bond donors (Lipinski definition) is 2. The van der Waals surface area contributed by atoms with Crippen LogP contribution in [0, 0.1) is 0 Å². The number of aromatic nitrogens is 1. The number of benzene rings is 1. The molecule has 0 spiro atoms. The number of anilines is 1. The summed E-state index contributed by atoms with van der Waals surface area (Å²) in [7, 11) is 1.96. The Morgan fingerprint density at radius 2 is 1.96 bits per heavy atom. The molecule has 142 valence electrons. The molecule has 3 N–H and O–H groups in total. The average molecular weight is 424 g/mol. The van der Waals surface area contributed by atoms with Gasteiger partial charge < -0.3 is 20.4 Å². The minimum atomic E-state index is -0.146. The summed E-state index contributed by atoms with van der Waals surface area (Å²) in [6, 6.07) is 7.35. The molecule has 0 aliphatic rings. The van der Waals surface area contributed by atoms with Gasteiger partial charge in [-0.15, -0.1) is 0 Å². The molecule has 2 rings (SSSR count). The minimum Gasteiger partial charge on any atom is -0.493 e. The van der Waals surface area contributed by atoms with Crippen molar-refractivity contribution in [1.82, 2.24) is 4.57 Å². The van der Waals surface area contributed by atoms with Crippen molar-refractivity contribution >= 4 is 33.9 Å². The molecule has 0 saturated heterocycles. The topological polar surface area (TPSA) is 86.3 Å². The van der Waals surface area contributed by atoms with Gasteiger partial charge in [0.2, 0.25) is 6.41 Å². The predicted molar refractivity (Wildman–Crippen MR) is 108 cm³/mol. The van der Waals surface area contributed by atoms with Crippen LogP contribution in [0.3, 0.4) is 0 Å². The zero-order valence-electron chi connectivity index (χ0n) is 15.4. The number of nitrogens with one attached hydrogen (secondary N) is 1. The normalized spacial score (nSPS) is 9.85. The number of amides is 2. The second-order valence-corrected chi connectivity index (χ2v) is 6.36. The number of carbonyl (C=O) groups is 2. The second-order valence-electron chi connectivity index (χ2n) is 5.61. The lowest BCUT2D eigenvalue weighted by Gasteiger charge is -2.11. The molecule has 7 heteroatoms. The summed E-state index contributed by atoms with van der Waals surface area (Å²) in [6.07, 6.45) is 5.01. The molecule has 0 atom stereocenters. The molecule has 1 aromatic carbocycles. The Balaban J connectivity index is 0.00000105. The van der Waals surface area contributed by atoms with E-state index in [0.29, 0.717) is 17.9 Å². The highest BCUT2D eigenvalue weighted by atomic mass is 79.9. The van der Waals surface area contributed by atoms with Crippen LogP contribution in [0.1, 0.15) is 42.6 Å². The number of halogens is 1. The van der Waals surface area contributed by atoms with E-state index in [2.05, 4.69) is 33.9 Å². The van der Waals surface area contributed by atoms with E-state index in [1.165, 1.54) is 0 Å². The molecule has 0 saturated carbocycles. The van der Waals surface area contributed by atoms with Crippen LogP contribution in [0.15, 0.2) is 35.1 Å². The molecule has 0 radical (unpaired) electrons. The van der Waals surface area contributed by atoms with Gasteiger partial charge in [0.25, 0.3) is 5.91 Å². The Bertz CT molecular complexity index is 729. The highest BCUT2D eigenvalue weighted by Crippen LogP contribution is 2.29. The zero-order valence-corrected chi connectivity index (χ0v) is 17.0. The van der Waals surface area contributed by atoms with Crippen molar-refractivity contribution in [3.8, 4) is 5.75 Å². The van der Waals surface area contributed by atoms with Crippen molar-refractivity contribution in [1.29, 1.82) is 0 Å². The van der Waals surface area contributed by atoms with Crippen LogP contribution in [0.2, 0.25) is 0 Å². The predicted octanol–water partition coefficient (Wildman–Crippen LogP) is 3.88. The number of primary amides is 1. The van der Waals surface area contributed by atoms with Gasteiger partial charge in [-0.1, -0.05) is 32.4 Å². The fourth-order valence-electron chi connectivity index (χ4n) is 2.43. The van der Waals surface area contributed by atoms with Crippen molar-refractivity contribution in [2.24, 2.45) is 12.8 Å². The Kier molecular flexibility index (Phi) is 9.51. The number of hydrogen-bond acceptors (Lipinski definition) is 3. The standard InChI is InChI=1S/C18H23BrN2O2.CH3NO/c1-4-8-13-15(12-21(3)17(13)19)20-18(22)14-9-6-7-10-16(14)23-11-5-2;2-1-3/h6-7,9-10,12H,4-5,8,11H2,1-3H3,(H,20,22);1H,(H2,2,3). The van der Waals surface area contributed by atoms with E-state index in [4.69, 9.17) is 9.53 Å². The lowest BCUT2D eigenvalue weighted by Crippen LogP contribution is -2.14. The van der Waals surface area contributed by atoms with Gasteiger partial charge in [0, 0.05) is 18.8 Å². The molecule has 0 aliphatic heterocycles. The lowest BCUT2D eigenvalue weighted by atomic mass is 10.1. The Labute approximate surface area is 162 Å². The molecule has 26 heavy (non-hydrogen) atoms. The van der Waals surface area contributed by atoms with Gasteiger partial charge in [-0.05, 0) is 40.9 Å². The average Bonchev–Trinajstić information content (AvgIpc) is 2.88. The van der Waals surface area contributed by atoms with Gasteiger partial charge in [0.15, 0.2) is 0 Å². The number of aryl methyl sites for hydroxylation is 1. The van der Waals surface area contributed by atoms with Gasteiger partial charge in [0.1, 0.15) is 5.75 Å². The number of para-hydroxylation sites is 1. The monoisotopic (exact) mass is 423 g/mol. The maximum Gasteiger partial charge on any atom is 0.259 e. The Hall–Kier alpha value is -2.28. The first-order chi connectivity index (χ1) is 12.5. The van der Waals surface area contributed by atoms with Crippen molar-refractivity contribution in [2.75, 3.05) is 11.9 Å². The van der Waals surface area contributed by atoms with Gasteiger partial charge in [-0.3, -0.25) is 9.59 Å². The van der Waals surface area contributed by atoms with E-state index in [1.807, 2.05) is 42.9 Å². The molecule has 6 nitrogen and oxygen atoms in total. The summed E-state index contributed by atoms with van der Waals surface area (Å²) in [5, 5.41) is 3.02. The highest BCUT2D eigenvalue weighted by molar-refractivity contribution is 9.10. The fraction of sp³-hybridized carbons (Fsp3) is 0.368. The van der Waals surface area contributed by atoms with E-state index < -0.39 is 0 Å². The van der Waals surface area contributed by atoms with Gasteiger partial charge in [0.05, 0.1) is 22.5 Å².